The summed E-state index contributed by atoms with van der Waals surface area (Å²) in [6.45, 7) is 2.24. The number of hydrogen-bond donors (Lipinski definition) is 2. The monoisotopic (exact) mass is 288 g/mol. The van der Waals surface area contributed by atoms with Gasteiger partial charge in [0.1, 0.15) is 0 Å². The number of carbonyl (C=O) groups is 1. The summed E-state index contributed by atoms with van der Waals surface area (Å²) in [4.78, 5) is 10.5. The Morgan fingerprint density at radius 3 is 3.00 bits per heavy atom. The minimum absolute atomic E-state index is 0.146. The quantitative estimate of drug-likeness (QED) is 0.717. The Kier molecular flexibility index (Phi) is 5.15. The molecule has 1 unspecified atom stereocenters. The van der Waals surface area contributed by atoms with Crippen LogP contribution in [-0.2, 0) is 9.53 Å². The molecule has 2 aliphatic heterocycles. The van der Waals surface area contributed by atoms with Crippen LogP contribution in [0.3, 0.4) is 0 Å². The van der Waals surface area contributed by atoms with Gasteiger partial charge in [-0.15, -0.1) is 0 Å². The van der Waals surface area contributed by atoms with Crippen molar-refractivity contribution in [2.24, 2.45) is 5.92 Å². The predicted octanol–water partition coefficient (Wildman–Crippen LogP) is 2.29. The summed E-state index contributed by atoms with van der Waals surface area (Å²) in [7, 11) is 0. The molecule has 0 radical (unpaired) electrons. The summed E-state index contributed by atoms with van der Waals surface area (Å²) in [6, 6.07) is 0. The van der Waals surface area contributed by atoms with Gasteiger partial charge < -0.3 is 14.9 Å². The van der Waals surface area contributed by atoms with Crippen LogP contribution in [0.4, 0.5) is 0 Å². The Labute approximate surface area is 118 Å². The molecule has 2 heterocycles. The highest BCUT2D eigenvalue weighted by molar-refractivity contribution is 7.99. The minimum atomic E-state index is -0.715. The first-order chi connectivity index (χ1) is 9.05. The smallest absolute Gasteiger partial charge is 0.303 e. The number of rotatable bonds is 8. The molecule has 2 aliphatic rings. The van der Waals surface area contributed by atoms with Crippen molar-refractivity contribution >= 4 is 17.7 Å². The number of ether oxygens (including phenoxy) is 1. The van der Waals surface area contributed by atoms with Crippen molar-refractivity contribution < 1.29 is 19.7 Å². The van der Waals surface area contributed by atoms with Crippen molar-refractivity contribution in [3.05, 3.63) is 0 Å². The van der Waals surface area contributed by atoms with Gasteiger partial charge in [-0.1, -0.05) is 6.92 Å². The van der Waals surface area contributed by atoms with Gasteiger partial charge in [0.05, 0.1) is 18.3 Å². The molecule has 2 rings (SSSR count). The Morgan fingerprint density at radius 1 is 1.58 bits per heavy atom. The number of thioether (sulfide) groups is 1. The zero-order valence-corrected chi connectivity index (χ0v) is 12.3. The number of aliphatic carboxylic acids is 1. The molecule has 2 saturated heterocycles. The SMILES string of the molecule is C[C@H](CCC(=O)O)SCC[C@@H]1CC2CC[C@@]1(CO)O2. The molecule has 0 aliphatic carbocycles. The van der Waals surface area contributed by atoms with Gasteiger partial charge in [0.15, 0.2) is 0 Å². The van der Waals surface area contributed by atoms with Crippen molar-refractivity contribution in [1.29, 1.82) is 0 Å². The number of carboxylic acid groups (broad SMARTS) is 1. The fourth-order valence-corrected chi connectivity index (χ4v) is 4.41. The lowest BCUT2D eigenvalue weighted by Crippen LogP contribution is -2.38. The Bertz CT molecular complexity index is 323. The third kappa shape index (κ3) is 3.64. The van der Waals surface area contributed by atoms with Crippen molar-refractivity contribution in [3.63, 3.8) is 0 Å². The van der Waals surface area contributed by atoms with Crippen LogP contribution < -0.4 is 0 Å². The highest BCUT2D eigenvalue weighted by atomic mass is 32.2. The topological polar surface area (TPSA) is 66.8 Å². The molecule has 4 nitrogen and oxygen atoms in total. The molecule has 4 atom stereocenters. The largest absolute Gasteiger partial charge is 0.481 e. The molecule has 0 aromatic carbocycles. The third-order valence-electron chi connectivity index (χ3n) is 4.48. The van der Waals surface area contributed by atoms with Gasteiger partial charge in [-0.3, -0.25) is 4.79 Å². The lowest BCUT2D eigenvalue weighted by atomic mass is 9.77. The molecule has 2 bridgehead atoms. The van der Waals surface area contributed by atoms with Crippen LogP contribution in [-0.4, -0.2) is 45.5 Å². The molecule has 110 valence electrons. The van der Waals surface area contributed by atoms with Crippen molar-refractivity contribution in [1.82, 2.24) is 0 Å². The van der Waals surface area contributed by atoms with Crippen LogP contribution in [0.15, 0.2) is 0 Å². The van der Waals surface area contributed by atoms with Crippen LogP contribution in [0.5, 0.6) is 0 Å². The average molecular weight is 288 g/mol. The van der Waals surface area contributed by atoms with Crippen LogP contribution in [0.1, 0.15) is 45.4 Å². The highest BCUT2D eigenvalue weighted by Gasteiger charge is 2.52. The van der Waals surface area contributed by atoms with E-state index in [-0.39, 0.29) is 18.6 Å². The first-order valence-corrected chi connectivity index (χ1v) is 8.22. The third-order valence-corrected chi connectivity index (χ3v) is 5.76. The van der Waals surface area contributed by atoms with Gasteiger partial charge in [-0.05, 0) is 43.8 Å². The molecular weight excluding hydrogens is 264 g/mol. The van der Waals surface area contributed by atoms with Gasteiger partial charge in [0.25, 0.3) is 0 Å². The average Bonchev–Trinajstić information content (AvgIpc) is 2.94. The first-order valence-electron chi connectivity index (χ1n) is 7.18. The van der Waals surface area contributed by atoms with Crippen molar-refractivity contribution in [2.75, 3.05) is 12.4 Å². The lowest BCUT2D eigenvalue weighted by Gasteiger charge is -2.31. The summed E-state index contributed by atoms with van der Waals surface area (Å²) >= 11 is 1.84. The number of aliphatic hydroxyl groups excluding tert-OH is 1. The summed E-state index contributed by atoms with van der Waals surface area (Å²) in [5.41, 5.74) is -0.254. The molecule has 0 aromatic rings. The van der Waals surface area contributed by atoms with Crippen molar-refractivity contribution in [2.45, 2.75) is 62.4 Å². The molecule has 0 saturated carbocycles. The van der Waals surface area contributed by atoms with Crippen LogP contribution in [0.2, 0.25) is 0 Å². The van der Waals surface area contributed by atoms with E-state index in [0.29, 0.717) is 17.3 Å². The lowest BCUT2D eigenvalue weighted by molar-refractivity contribution is -0.137. The number of hydrogen-bond acceptors (Lipinski definition) is 4. The minimum Gasteiger partial charge on any atom is -0.481 e. The van der Waals surface area contributed by atoms with Crippen LogP contribution in [0, 0.1) is 5.92 Å². The summed E-state index contributed by atoms with van der Waals surface area (Å²) in [6.07, 6.45) is 5.60. The first kappa shape index (κ1) is 15.1. The second kappa shape index (κ2) is 6.46. The number of carboxylic acids is 1. The van der Waals surface area contributed by atoms with E-state index in [0.717, 1.165) is 37.9 Å². The van der Waals surface area contributed by atoms with E-state index in [4.69, 9.17) is 9.84 Å². The molecule has 0 spiro atoms. The maximum absolute atomic E-state index is 10.5. The summed E-state index contributed by atoms with van der Waals surface area (Å²) < 4.78 is 5.92. The predicted molar refractivity (Wildman–Crippen MR) is 75.4 cm³/mol. The van der Waals surface area contributed by atoms with E-state index in [9.17, 15) is 9.90 Å². The van der Waals surface area contributed by atoms with Gasteiger partial charge in [0.2, 0.25) is 0 Å². The number of aliphatic hydroxyl groups is 1. The molecule has 0 amide bonds. The second-order valence-corrected chi connectivity index (χ2v) is 7.38. The van der Waals surface area contributed by atoms with Gasteiger partial charge in [0, 0.05) is 11.7 Å². The molecule has 5 heteroatoms. The molecule has 19 heavy (non-hydrogen) atoms. The second-order valence-electron chi connectivity index (χ2n) is 5.84. The normalized spacial score (nSPS) is 34.6. The van der Waals surface area contributed by atoms with Crippen LogP contribution >= 0.6 is 11.8 Å². The molecule has 0 aromatic heterocycles. The molecular formula is C14H24O4S. The maximum atomic E-state index is 10.5. The van der Waals surface area contributed by atoms with E-state index in [1.807, 2.05) is 11.8 Å². The van der Waals surface area contributed by atoms with Crippen LogP contribution in [0.25, 0.3) is 0 Å². The summed E-state index contributed by atoms with van der Waals surface area (Å²) in [5, 5.41) is 18.6. The Morgan fingerprint density at radius 2 is 2.37 bits per heavy atom. The van der Waals surface area contributed by atoms with E-state index >= 15 is 0 Å². The standard InChI is InChI=1S/C14H24O4S/c1-10(2-3-13(16)17)19-7-5-11-8-12-4-6-14(11,9-15)18-12/h10-12,15H,2-9H2,1H3,(H,16,17)/t10-,11-,12?,14+/m1/s1. The highest BCUT2D eigenvalue weighted by Crippen LogP contribution is 2.49. The Balaban J connectivity index is 1.67. The van der Waals surface area contributed by atoms with Gasteiger partial charge in [-0.25, -0.2) is 0 Å². The van der Waals surface area contributed by atoms with E-state index in [2.05, 4.69) is 6.92 Å². The Hall–Kier alpha value is -0.260. The van der Waals surface area contributed by atoms with Crippen molar-refractivity contribution in [3.8, 4) is 0 Å². The van der Waals surface area contributed by atoms with E-state index in [1.165, 1.54) is 0 Å². The van der Waals surface area contributed by atoms with E-state index < -0.39 is 5.97 Å². The number of fused-ring (bicyclic) bond motifs is 2. The van der Waals surface area contributed by atoms with Gasteiger partial charge in [-0.2, -0.15) is 11.8 Å². The zero-order valence-electron chi connectivity index (χ0n) is 11.5. The molecule has 2 N–H and O–H groups in total. The summed E-state index contributed by atoms with van der Waals surface area (Å²) in [5.74, 6) is 0.798. The fourth-order valence-electron chi connectivity index (χ4n) is 3.30. The van der Waals surface area contributed by atoms with Gasteiger partial charge >= 0.3 is 5.97 Å². The maximum Gasteiger partial charge on any atom is 0.303 e. The zero-order chi connectivity index (χ0) is 13.9. The molecule has 2 fully saturated rings. The van der Waals surface area contributed by atoms with E-state index in [1.54, 1.807) is 0 Å². The fraction of sp³-hybridized carbons (Fsp3) is 0.929.